The van der Waals surface area contributed by atoms with Crippen LogP contribution in [0.2, 0.25) is 0 Å². The van der Waals surface area contributed by atoms with Crippen molar-refractivity contribution in [2.75, 3.05) is 0 Å². The van der Waals surface area contributed by atoms with Crippen molar-refractivity contribution in [2.24, 2.45) is 5.41 Å². The molecule has 1 aromatic rings. The lowest BCUT2D eigenvalue weighted by atomic mass is 9.83. The average molecular weight is 280 g/mol. The van der Waals surface area contributed by atoms with Crippen LogP contribution in [0.4, 0.5) is 13.2 Å². The van der Waals surface area contributed by atoms with E-state index in [1.54, 1.807) is 0 Å². The number of nitriles is 2. The first-order valence-electron chi connectivity index (χ1n) is 5.55. The van der Waals surface area contributed by atoms with Gasteiger partial charge >= 0.3 is 6.36 Å². The lowest BCUT2D eigenvalue weighted by Crippen LogP contribution is -2.17. The molecule has 1 rings (SSSR count). The second-order valence-corrected chi connectivity index (χ2v) is 4.32. The van der Waals surface area contributed by atoms with Crippen LogP contribution >= 0.6 is 0 Å². The van der Waals surface area contributed by atoms with Gasteiger partial charge in [0.1, 0.15) is 5.75 Å². The van der Waals surface area contributed by atoms with E-state index in [9.17, 15) is 13.2 Å². The highest BCUT2D eigenvalue weighted by molar-refractivity contribution is 5.35. The van der Waals surface area contributed by atoms with Crippen LogP contribution in [0.15, 0.2) is 36.4 Å². The van der Waals surface area contributed by atoms with Crippen LogP contribution in [0.1, 0.15) is 12.5 Å². The van der Waals surface area contributed by atoms with Gasteiger partial charge in [-0.3, -0.25) is 0 Å². The van der Waals surface area contributed by atoms with Gasteiger partial charge in [0.25, 0.3) is 0 Å². The lowest BCUT2D eigenvalue weighted by molar-refractivity contribution is -0.274. The van der Waals surface area contributed by atoms with Gasteiger partial charge in [-0.25, -0.2) is 0 Å². The quantitative estimate of drug-likeness (QED) is 0.789. The molecule has 1 aromatic carbocycles. The molecule has 0 saturated carbocycles. The highest BCUT2D eigenvalue weighted by Gasteiger charge is 2.31. The minimum absolute atomic E-state index is 0.226. The summed E-state index contributed by atoms with van der Waals surface area (Å²) in [6, 6.07) is 8.92. The Morgan fingerprint density at radius 2 is 1.70 bits per heavy atom. The highest BCUT2D eigenvalue weighted by atomic mass is 19.4. The molecule has 6 heteroatoms. The van der Waals surface area contributed by atoms with E-state index in [2.05, 4.69) is 11.3 Å². The van der Waals surface area contributed by atoms with Crippen molar-refractivity contribution in [1.82, 2.24) is 0 Å². The fraction of sp³-hybridized carbons (Fsp3) is 0.286. The SMILES string of the molecule is C=C(Cc1ccc(OC(F)(F)F)cc1)C(C)(C#N)C#N. The van der Waals surface area contributed by atoms with Crippen LogP contribution in [0.3, 0.4) is 0 Å². The minimum Gasteiger partial charge on any atom is -0.406 e. The summed E-state index contributed by atoms with van der Waals surface area (Å²) in [4.78, 5) is 0. The van der Waals surface area contributed by atoms with Crippen molar-refractivity contribution in [3.8, 4) is 17.9 Å². The molecule has 0 spiro atoms. The van der Waals surface area contributed by atoms with E-state index < -0.39 is 11.8 Å². The second-order valence-electron chi connectivity index (χ2n) is 4.32. The largest absolute Gasteiger partial charge is 0.573 e. The molecule has 0 heterocycles. The Morgan fingerprint density at radius 3 is 2.10 bits per heavy atom. The monoisotopic (exact) mass is 280 g/mol. The molecule has 0 aliphatic carbocycles. The van der Waals surface area contributed by atoms with Crippen molar-refractivity contribution < 1.29 is 17.9 Å². The molecule has 0 aliphatic rings. The van der Waals surface area contributed by atoms with E-state index in [0.717, 1.165) is 0 Å². The molecular formula is C14H11F3N2O. The first kappa shape index (κ1) is 15.6. The van der Waals surface area contributed by atoms with Crippen molar-refractivity contribution in [3.05, 3.63) is 42.0 Å². The molecule has 0 N–H and O–H groups in total. The summed E-state index contributed by atoms with van der Waals surface area (Å²) in [7, 11) is 0. The standard InChI is InChI=1S/C14H11F3N2O/c1-10(13(2,8-18)9-19)7-11-3-5-12(6-4-11)20-14(15,16)17/h3-6H,1,7H2,2H3. The molecule has 104 valence electrons. The fourth-order valence-corrected chi connectivity index (χ4v) is 1.42. The Kier molecular flexibility index (Phi) is 4.41. The third-order valence-electron chi connectivity index (χ3n) is 2.73. The number of halogens is 3. The van der Waals surface area contributed by atoms with E-state index >= 15 is 0 Å². The molecular weight excluding hydrogens is 269 g/mol. The first-order valence-corrected chi connectivity index (χ1v) is 5.55. The van der Waals surface area contributed by atoms with E-state index in [1.165, 1.54) is 31.2 Å². The van der Waals surface area contributed by atoms with Crippen LogP contribution in [0.5, 0.6) is 5.75 Å². The van der Waals surface area contributed by atoms with Gasteiger partial charge in [-0.05, 0) is 36.6 Å². The molecule has 0 radical (unpaired) electrons. The maximum Gasteiger partial charge on any atom is 0.573 e. The molecule has 20 heavy (non-hydrogen) atoms. The Balaban J connectivity index is 2.80. The van der Waals surface area contributed by atoms with Crippen LogP contribution in [-0.4, -0.2) is 6.36 Å². The molecule has 0 fully saturated rings. The van der Waals surface area contributed by atoms with E-state index in [4.69, 9.17) is 10.5 Å². The normalized spacial score (nSPS) is 11.3. The van der Waals surface area contributed by atoms with Gasteiger partial charge < -0.3 is 4.74 Å². The molecule has 0 aliphatic heterocycles. The molecule has 3 nitrogen and oxygen atoms in total. The highest BCUT2D eigenvalue weighted by Crippen LogP contribution is 2.28. The minimum atomic E-state index is -4.73. The van der Waals surface area contributed by atoms with Gasteiger partial charge in [0.2, 0.25) is 0 Å². The van der Waals surface area contributed by atoms with Gasteiger partial charge in [-0.2, -0.15) is 10.5 Å². The maximum absolute atomic E-state index is 12.0. The summed E-state index contributed by atoms with van der Waals surface area (Å²) in [5, 5.41) is 17.9. The van der Waals surface area contributed by atoms with Gasteiger partial charge in [0.05, 0.1) is 12.1 Å². The van der Waals surface area contributed by atoms with Crippen molar-refractivity contribution in [1.29, 1.82) is 10.5 Å². The van der Waals surface area contributed by atoms with Gasteiger partial charge in [-0.15, -0.1) is 13.2 Å². The zero-order chi connectivity index (χ0) is 15.4. The van der Waals surface area contributed by atoms with Gasteiger partial charge in [0.15, 0.2) is 5.41 Å². The van der Waals surface area contributed by atoms with Crippen molar-refractivity contribution in [3.63, 3.8) is 0 Å². The van der Waals surface area contributed by atoms with Crippen LogP contribution in [0.25, 0.3) is 0 Å². The summed E-state index contributed by atoms with van der Waals surface area (Å²) in [5.41, 5.74) is -0.297. The Morgan fingerprint density at radius 1 is 1.20 bits per heavy atom. The first-order chi connectivity index (χ1) is 9.20. The number of alkyl halides is 3. The Bertz CT molecular complexity index is 562. The summed E-state index contributed by atoms with van der Waals surface area (Å²) >= 11 is 0. The number of hydrogen-bond acceptors (Lipinski definition) is 3. The lowest BCUT2D eigenvalue weighted by Gasteiger charge is -2.16. The molecule has 0 unspecified atom stereocenters. The summed E-state index contributed by atoms with van der Waals surface area (Å²) in [6.45, 7) is 5.13. The Hall–Kier alpha value is -2.47. The Labute approximate surface area is 114 Å². The number of rotatable bonds is 4. The smallest absolute Gasteiger partial charge is 0.406 e. The number of hydrogen-bond donors (Lipinski definition) is 0. The van der Waals surface area contributed by atoms with Crippen molar-refractivity contribution in [2.45, 2.75) is 19.7 Å². The molecule has 0 bridgehead atoms. The van der Waals surface area contributed by atoms with E-state index in [-0.39, 0.29) is 12.2 Å². The van der Waals surface area contributed by atoms with Crippen LogP contribution in [0, 0.1) is 28.1 Å². The topological polar surface area (TPSA) is 56.8 Å². The zero-order valence-electron chi connectivity index (χ0n) is 10.7. The summed E-state index contributed by atoms with van der Waals surface area (Å²) < 4.78 is 39.7. The van der Waals surface area contributed by atoms with Crippen LogP contribution < -0.4 is 4.74 Å². The number of ether oxygens (including phenoxy) is 1. The van der Waals surface area contributed by atoms with Crippen LogP contribution in [-0.2, 0) is 6.42 Å². The fourth-order valence-electron chi connectivity index (χ4n) is 1.42. The average Bonchev–Trinajstić information content (AvgIpc) is 2.38. The zero-order valence-corrected chi connectivity index (χ0v) is 10.7. The molecule has 0 saturated heterocycles. The van der Waals surface area contributed by atoms with Gasteiger partial charge in [-0.1, -0.05) is 18.7 Å². The third kappa shape index (κ3) is 4.03. The van der Waals surface area contributed by atoms with E-state index in [1.807, 2.05) is 12.1 Å². The maximum atomic E-state index is 12.0. The number of allylic oxidation sites excluding steroid dienone is 1. The number of nitrogens with zero attached hydrogens (tertiary/aromatic N) is 2. The predicted molar refractivity (Wildman–Crippen MR) is 65.3 cm³/mol. The molecule has 0 aromatic heterocycles. The predicted octanol–water partition coefficient (Wildman–Crippen LogP) is 3.74. The summed E-state index contributed by atoms with van der Waals surface area (Å²) in [6.07, 6.45) is -4.50. The number of benzene rings is 1. The van der Waals surface area contributed by atoms with Gasteiger partial charge in [0, 0.05) is 0 Å². The van der Waals surface area contributed by atoms with E-state index in [0.29, 0.717) is 11.1 Å². The molecule has 0 atom stereocenters. The second kappa shape index (κ2) is 5.66. The third-order valence-corrected chi connectivity index (χ3v) is 2.73. The van der Waals surface area contributed by atoms with Crippen molar-refractivity contribution >= 4 is 0 Å². The summed E-state index contributed by atoms with van der Waals surface area (Å²) in [5.74, 6) is -0.324. The molecule has 0 amide bonds.